The van der Waals surface area contributed by atoms with Gasteiger partial charge in [0.2, 0.25) is 0 Å². The fourth-order valence-electron chi connectivity index (χ4n) is 1.60. The first-order valence-corrected chi connectivity index (χ1v) is 5.13. The lowest BCUT2D eigenvalue weighted by Gasteiger charge is -2.08. The molecule has 1 unspecified atom stereocenters. The maximum Gasteiger partial charge on any atom is 0.310 e. The highest BCUT2D eigenvalue weighted by Crippen LogP contribution is 2.10. The molecule has 4 heteroatoms. The second-order valence-electron chi connectivity index (χ2n) is 3.62. The quantitative estimate of drug-likeness (QED) is 0.741. The molecule has 0 amide bonds. The topological polar surface area (TPSA) is 51.2 Å². The number of carbonyl (C=O) groups is 1. The third-order valence-electron chi connectivity index (χ3n) is 2.48. The van der Waals surface area contributed by atoms with Gasteiger partial charge in [-0.1, -0.05) is 6.07 Å². The van der Waals surface area contributed by atoms with Gasteiger partial charge in [-0.15, -0.1) is 0 Å². The maximum atomic E-state index is 11.5. The van der Waals surface area contributed by atoms with Crippen LogP contribution < -0.4 is 5.32 Å². The molecule has 1 N–H and O–H groups in total. The van der Waals surface area contributed by atoms with Crippen molar-refractivity contribution in [3.05, 3.63) is 30.1 Å². The Morgan fingerprint density at radius 2 is 2.53 bits per heavy atom. The normalized spacial score (nSPS) is 20.1. The summed E-state index contributed by atoms with van der Waals surface area (Å²) in [7, 11) is 0. The molecule has 1 aliphatic rings. The largest absolute Gasteiger partial charge is 0.459 e. The predicted molar refractivity (Wildman–Crippen MR) is 55.0 cm³/mol. The van der Waals surface area contributed by atoms with Crippen molar-refractivity contribution in [1.82, 2.24) is 10.3 Å². The van der Waals surface area contributed by atoms with Crippen LogP contribution in [0.5, 0.6) is 0 Å². The van der Waals surface area contributed by atoms with Crippen molar-refractivity contribution in [3.63, 3.8) is 0 Å². The van der Waals surface area contributed by atoms with Gasteiger partial charge in [0, 0.05) is 12.7 Å². The van der Waals surface area contributed by atoms with Crippen LogP contribution in [0.3, 0.4) is 0 Å². The Kier molecular flexibility index (Phi) is 3.29. The molecule has 80 valence electrons. The molecule has 1 aromatic rings. The molecule has 2 rings (SSSR count). The summed E-state index contributed by atoms with van der Waals surface area (Å²) in [5.74, 6) is -0.0978. The van der Waals surface area contributed by atoms with E-state index in [1.54, 1.807) is 6.20 Å². The van der Waals surface area contributed by atoms with Gasteiger partial charge in [-0.3, -0.25) is 9.78 Å². The van der Waals surface area contributed by atoms with Crippen molar-refractivity contribution in [3.8, 4) is 0 Å². The van der Waals surface area contributed by atoms with E-state index < -0.39 is 0 Å². The lowest BCUT2D eigenvalue weighted by atomic mass is 10.1. The standard InChI is InChI=1S/C11H14N2O2/c14-11(9-4-6-12-7-9)15-8-10-3-1-2-5-13-10/h1-3,5,9,12H,4,6-8H2. The number of hydrogen-bond acceptors (Lipinski definition) is 4. The smallest absolute Gasteiger partial charge is 0.310 e. The Balaban J connectivity index is 1.80. The predicted octanol–water partition coefficient (Wildman–Crippen LogP) is 0.734. The molecule has 1 saturated heterocycles. The van der Waals surface area contributed by atoms with Crippen LogP contribution in [0, 0.1) is 5.92 Å². The van der Waals surface area contributed by atoms with E-state index in [4.69, 9.17) is 4.74 Å². The number of carbonyl (C=O) groups excluding carboxylic acids is 1. The average molecular weight is 206 g/mol. The molecule has 2 heterocycles. The number of esters is 1. The lowest BCUT2D eigenvalue weighted by molar-refractivity contribution is -0.149. The Bertz CT molecular complexity index is 321. The fraction of sp³-hybridized carbons (Fsp3) is 0.455. The van der Waals surface area contributed by atoms with Crippen LogP contribution in [-0.4, -0.2) is 24.0 Å². The number of ether oxygens (including phenoxy) is 1. The molecule has 0 aromatic carbocycles. The van der Waals surface area contributed by atoms with Crippen LogP contribution in [0.15, 0.2) is 24.4 Å². The summed E-state index contributed by atoms with van der Waals surface area (Å²) in [4.78, 5) is 15.6. The SMILES string of the molecule is O=C(OCc1ccccn1)C1CCNC1. The monoisotopic (exact) mass is 206 g/mol. The summed E-state index contributed by atoms with van der Waals surface area (Å²) < 4.78 is 5.17. The van der Waals surface area contributed by atoms with Crippen molar-refractivity contribution in [2.75, 3.05) is 13.1 Å². The van der Waals surface area contributed by atoms with Crippen molar-refractivity contribution < 1.29 is 9.53 Å². The molecule has 0 spiro atoms. The number of nitrogens with one attached hydrogen (secondary N) is 1. The second-order valence-corrected chi connectivity index (χ2v) is 3.62. The molecular formula is C11H14N2O2. The molecule has 4 nitrogen and oxygen atoms in total. The van der Waals surface area contributed by atoms with E-state index in [0.29, 0.717) is 0 Å². The molecule has 15 heavy (non-hydrogen) atoms. The minimum absolute atomic E-state index is 0.0220. The summed E-state index contributed by atoms with van der Waals surface area (Å²) in [6, 6.07) is 5.57. The van der Waals surface area contributed by atoms with Crippen LogP contribution in [-0.2, 0) is 16.1 Å². The zero-order valence-electron chi connectivity index (χ0n) is 8.48. The van der Waals surface area contributed by atoms with E-state index >= 15 is 0 Å². The average Bonchev–Trinajstić information content (AvgIpc) is 2.81. The second kappa shape index (κ2) is 4.89. The van der Waals surface area contributed by atoms with Gasteiger partial charge in [0.25, 0.3) is 0 Å². The summed E-state index contributed by atoms with van der Waals surface area (Å²) in [5.41, 5.74) is 0.789. The van der Waals surface area contributed by atoms with Crippen molar-refractivity contribution in [1.29, 1.82) is 0 Å². The first-order chi connectivity index (χ1) is 7.36. The molecular weight excluding hydrogens is 192 g/mol. The van der Waals surface area contributed by atoms with Crippen molar-refractivity contribution in [2.45, 2.75) is 13.0 Å². The third-order valence-corrected chi connectivity index (χ3v) is 2.48. The fourth-order valence-corrected chi connectivity index (χ4v) is 1.60. The van der Waals surface area contributed by atoms with Gasteiger partial charge >= 0.3 is 5.97 Å². The molecule has 0 bridgehead atoms. The van der Waals surface area contributed by atoms with Gasteiger partial charge in [-0.05, 0) is 25.1 Å². The number of pyridine rings is 1. The zero-order valence-corrected chi connectivity index (χ0v) is 8.48. The van der Waals surface area contributed by atoms with Crippen LogP contribution in [0.1, 0.15) is 12.1 Å². The molecule has 0 aliphatic carbocycles. The summed E-state index contributed by atoms with van der Waals surface area (Å²) >= 11 is 0. The Labute approximate surface area is 88.7 Å². The highest BCUT2D eigenvalue weighted by molar-refractivity contribution is 5.73. The number of aromatic nitrogens is 1. The van der Waals surface area contributed by atoms with Gasteiger partial charge in [0.05, 0.1) is 11.6 Å². The van der Waals surface area contributed by atoms with Crippen LogP contribution in [0.25, 0.3) is 0 Å². The highest BCUT2D eigenvalue weighted by atomic mass is 16.5. The molecule has 1 atom stereocenters. The maximum absolute atomic E-state index is 11.5. The number of hydrogen-bond donors (Lipinski definition) is 1. The molecule has 1 aromatic heterocycles. The summed E-state index contributed by atoms with van der Waals surface area (Å²) in [6.45, 7) is 1.92. The molecule has 0 saturated carbocycles. The number of nitrogens with zero attached hydrogens (tertiary/aromatic N) is 1. The highest BCUT2D eigenvalue weighted by Gasteiger charge is 2.23. The van der Waals surface area contributed by atoms with E-state index in [1.165, 1.54) is 0 Å². The van der Waals surface area contributed by atoms with E-state index in [0.717, 1.165) is 25.2 Å². The Morgan fingerprint density at radius 3 is 3.20 bits per heavy atom. The van der Waals surface area contributed by atoms with Crippen molar-refractivity contribution >= 4 is 5.97 Å². The number of rotatable bonds is 3. The van der Waals surface area contributed by atoms with Gasteiger partial charge in [-0.25, -0.2) is 0 Å². The summed E-state index contributed by atoms with van der Waals surface area (Å²) in [5, 5.41) is 3.13. The molecule has 0 radical (unpaired) electrons. The van der Waals surface area contributed by atoms with Gasteiger partial charge in [0.15, 0.2) is 0 Å². The van der Waals surface area contributed by atoms with E-state index in [2.05, 4.69) is 10.3 Å². The van der Waals surface area contributed by atoms with Crippen LogP contribution >= 0.6 is 0 Å². The Hall–Kier alpha value is -1.42. The van der Waals surface area contributed by atoms with E-state index in [-0.39, 0.29) is 18.5 Å². The van der Waals surface area contributed by atoms with Gasteiger partial charge in [-0.2, -0.15) is 0 Å². The van der Waals surface area contributed by atoms with Crippen molar-refractivity contribution in [2.24, 2.45) is 5.92 Å². The lowest BCUT2D eigenvalue weighted by Crippen LogP contribution is -2.20. The zero-order chi connectivity index (χ0) is 10.5. The van der Waals surface area contributed by atoms with Gasteiger partial charge in [0.1, 0.15) is 6.61 Å². The first-order valence-electron chi connectivity index (χ1n) is 5.13. The van der Waals surface area contributed by atoms with Crippen LogP contribution in [0.4, 0.5) is 0 Å². The minimum atomic E-state index is -0.120. The molecule has 1 fully saturated rings. The van der Waals surface area contributed by atoms with E-state index in [1.807, 2.05) is 18.2 Å². The van der Waals surface area contributed by atoms with E-state index in [9.17, 15) is 4.79 Å². The van der Waals surface area contributed by atoms with Crippen LogP contribution in [0.2, 0.25) is 0 Å². The molecule has 1 aliphatic heterocycles. The minimum Gasteiger partial charge on any atom is -0.459 e. The summed E-state index contributed by atoms with van der Waals surface area (Å²) in [6.07, 6.45) is 2.57. The Morgan fingerprint density at radius 1 is 1.60 bits per heavy atom. The van der Waals surface area contributed by atoms with Gasteiger partial charge < -0.3 is 10.1 Å². The third kappa shape index (κ3) is 2.76. The first kappa shape index (κ1) is 10.1.